The van der Waals surface area contributed by atoms with E-state index in [1.807, 2.05) is 6.07 Å². The molecule has 0 spiro atoms. The summed E-state index contributed by atoms with van der Waals surface area (Å²) in [6.07, 6.45) is 5.36. The average Bonchev–Trinajstić information content (AvgIpc) is 3.25. The number of pyridine rings is 2. The van der Waals surface area contributed by atoms with Crippen LogP contribution in [0.1, 0.15) is 33.0 Å². The zero-order chi connectivity index (χ0) is 16.7. The Morgan fingerprint density at radius 3 is 2.71 bits per heavy atom. The number of amides is 1. The van der Waals surface area contributed by atoms with E-state index in [9.17, 15) is 9.59 Å². The van der Waals surface area contributed by atoms with Crippen LogP contribution in [0.15, 0.2) is 36.7 Å². The largest absolute Gasteiger partial charge is 0.477 e. The Labute approximate surface area is 141 Å². The fourth-order valence-electron chi connectivity index (χ4n) is 2.43. The van der Waals surface area contributed by atoms with E-state index in [1.165, 1.54) is 0 Å². The van der Waals surface area contributed by atoms with Gasteiger partial charge in [0.2, 0.25) is 0 Å². The van der Waals surface area contributed by atoms with Crippen LogP contribution in [-0.4, -0.2) is 33.0 Å². The van der Waals surface area contributed by atoms with E-state index < -0.39 is 5.97 Å². The van der Waals surface area contributed by atoms with Gasteiger partial charge < -0.3 is 10.4 Å². The SMILES string of the molecule is O=C(NC1CC1)c1ccc2cncc(-c3ccc(C(=O)O)s3)c2n1. The van der Waals surface area contributed by atoms with Crippen molar-refractivity contribution in [2.45, 2.75) is 18.9 Å². The van der Waals surface area contributed by atoms with Gasteiger partial charge in [0.1, 0.15) is 10.6 Å². The highest BCUT2D eigenvalue weighted by Gasteiger charge is 2.24. The number of nitrogens with zero attached hydrogens (tertiary/aromatic N) is 2. The molecule has 3 aromatic rings. The Hall–Kier alpha value is -2.80. The summed E-state index contributed by atoms with van der Waals surface area (Å²) in [7, 11) is 0. The summed E-state index contributed by atoms with van der Waals surface area (Å²) in [5.41, 5.74) is 1.73. The molecular weight excluding hydrogens is 326 g/mol. The summed E-state index contributed by atoms with van der Waals surface area (Å²) in [6.45, 7) is 0. The van der Waals surface area contributed by atoms with Gasteiger partial charge >= 0.3 is 5.97 Å². The Kier molecular flexibility index (Phi) is 3.50. The normalized spacial score (nSPS) is 13.8. The molecule has 1 fully saturated rings. The minimum Gasteiger partial charge on any atom is -0.477 e. The number of fused-ring (bicyclic) bond motifs is 1. The quantitative estimate of drug-likeness (QED) is 0.762. The first-order chi connectivity index (χ1) is 11.6. The number of hydrogen-bond acceptors (Lipinski definition) is 5. The number of aromatic nitrogens is 2. The van der Waals surface area contributed by atoms with Crippen LogP contribution in [0.4, 0.5) is 0 Å². The number of rotatable bonds is 4. The monoisotopic (exact) mass is 339 g/mol. The molecule has 1 amide bonds. The maximum Gasteiger partial charge on any atom is 0.345 e. The van der Waals surface area contributed by atoms with Gasteiger partial charge in [0.15, 0.2) is 0 Å². The molecule has 0 saturated heterocycles. The third-order valence-electron chi connectivity index (χ3n) is 3.83. The van der Waals surface area contributed by atoms with Crippen LogP contribution in [-0.2, 0) is 0 Å². The van der Waals surface area contributed by atoms with Crippen molar-refractivity contribution >= 4 is 34.1 Å². The van der Waals surface area contributed by atoms with Gasteiger partial charge in [-0.25, -0.2) is 9.78 Å². The lowest BCUT2D eigenvalue weighted by atomic mass is 10.1. The van der Waals surface area contributed by atoms with Gasteiger partial charge in [-0.2, -0.15) is 0 Å². The molecule has 0 radical (unpaired) electrons. The van der Waals surface area contributed by atoms with E-state index in [0.29, 0.717) is 11.2 Å². The number of carboxylic acids is 1. The first kappa shape index (κ1) is 14.8. The zero-order valence-electron chi connectivity index (χ0n) is 12.5. The number of hydrogen-bond donors (Lipinski definition) is 2. The number of carbonyl (C=O) groups is 2. The highest BCUT2D eigenvalue weighted by molar-refractivity contribution is 7.17. The van der Waals surface area contributed by atoms with Crippen LogP contribution < -0.4 is 5.32 Å². The fourth-order valence-corrected chi connectivity index (χ4v) is 3.29. The number of carbonyl (C=O) groups excluding carboxylic acids is 1. The first-order valence-corrected chi connectivity index (χ1v) is 8.32. The van der Waals surface area contributed by atoms with Crippen molar-refractivity contribution in [3.05, 3.63) is 47.2 Å². The molecule has 24 heavy (non-hydrogen) atoms. The first-order valence-electron chi connectivity index (χ1n) is 7.51. The van der Waals surface area contributed by atoms with E-state index >= 15 is 0 Å². The Balaban J connectivity index is 1.79. The summed E-state index contributed by atoms with van der Waals surface area (Å²) in [5, 5.41) is 12.8. The van der Waals surface area contributed by atoms with Gasteiger partial charge in [-0.15, -0.1) is 11.3 Å². The second-order valence-corrected chi connectivity index (χ2v) is 6.76. The molecule has 3 aromatic heterocycles. The average molecular weight is 339 g/mol. The predicted molar refractivity (Wildman–Crippen MR) is 90.3 cm³/mol. The third kappa shape index (κ3) is 2.74. The molecule has 6 nitrogen and oxygen atoms in total. The maximum atomic E-state index is 12.2. The highest BCUT2D eigenvalue weighted by Crippen LogP contribution is 2.32. The second kappa shape index (κ2) is 5.68. The van der Waals surface area contributed by atoms with Crippen molar-refractivity contribution in [2.24, 2.45) is 0 Å². The zero-order valence-corrected chi connectivity index (χ0v) is 13.3. The van der Waals surface area contributed by atoms with Gasteiger partial charge in [-0.3, -0.25) is 9.78 Å². The molecule has 1 saturated carbocycles. The fraction of sp³-hybridized carbons (Fsp3) is 0.176. The minimum atomic E-state index is -0.961. The van der Waals surface area contributed by atoms with Crippen molar-refractivity contribution < 1.29 is 14.7 Å². The van der Waals surface area contributed by atoms with Crippen molar-refractivity contribution in [2.75, 3.05) is 0 Å². The van der Waals surface area contributed by atoms with Crippen LogP contribution in [0.5, 0.6) is 0 Å². The van der Waals surface area contributed by atoms with Gasteiger partial charge in [-0.1, -0.05) is 0 Å². The van der Waals surface area contributed by atoms with Crippen LogP contribution in [0.2, 0.25) is 0 Å². The van der Waals surface area contributed by atoms with Crippen LogP contribution >= 0.6 is 11.3 Å². The second-order valence-electron chi connectivity index (χ2n) is 5.67. The van der Waals surface area contributed by atoms with Gasteiger partial charge in [-0.05, 0) is 37.1 Å². The van der Waals surface area contributed by atoms with Crippen LogP contribution in [0, 0.1) is 0 Å². The molecule has 7 heteroatoms. The molecular formula is C17H13N3O3S. The summed E-state index contributed by atoms with van der Waals surface area (Å²) in [6, 6.07) is 7.06. The Bertz CT molecular complexity index is 963. The van der Waals surface area contributed by atoms with E-state index in [0.717, 1.165) is 40.0 Å². The lowest BCUT2D eigenvalue weighted by Crippen LogP contribution is -2.26. The molecule has 1 aliphatic rings. The number of carboxylic acid groups (broad SMARTS) is 1. The standard InChI is InChI=1S/C17H13N3O3S/c21-16(19-10-2-3-10)12-4-1-9-7-18-8-11(15(9)20-12)13-5-6-14(24-13)17(22)23/h1,4-8,10H,2-3H2,(H,19,21)(H,22,23). The lowest BCUT2D eigenvalue weighted by molar-refractivity contribution is 0.0702. The third-order valence-corrected chi connectivity index (χ3v) is 4.93. The smallest absolute Gasteiger partial charge is 0.345 e. The molecule has 0 bridgehead atoms. The maximum absolute atomic E-state index is 12.2. The molecule has 3 heterocycles. The van der Waals surface area contributed by atoms with E-state index in [2.05, 4.69) is 15.3 Å². The van der Waals surface area contributed by atoms with E-state index in [1.54, 1.807) is 30.6 Å². The molecule has 0 aliphatic heterocycles. The Morgan fingerprint density at radius 1 is 1.17 bits per heavy atom. The molecule has 0 unspecified atom stereocenters. The molecule has 4 rings (SSSR count). The van der Waals surface area contributed by atoms with Crippen LogP contribution in [0.3, 0.4) is 0 Å². The van der Waals surface area contributed by atoms with E-state index in [-0.39, 0.29) is 16.8 Å². The van der Waals surface area contributed by atoms with Gasteiger partial charge in [0.05, 0.1) is 5.52 Å². The minimum absolute atomic E-state index is 0.181. The predicted octanol–water partition coefficient (Wildman–Crippen LogP) is 2.95. The number of aromatic carboxylic acids is 1. The van der Waals surface area contributed by atoms with E-state index in [4.69, 9.17) is 5.11 Å². The summed E-state index contributed by atoms with van der Waals surface area (Å²) in [5.74, 6) is -1.14. The summed E-state index contributed by atoms with van der Waals surface area (Å²) in [4.78, 5) is 33.0. The Morgan fingerprint density at radius 2 is 2.00 bits per heavy atom. The van der Waals surface area contributed by atoms with Crippen LogP contribution in [0.25, 0.3) is 21.3 Å². The molecule has 120 valence electrons. The molecule has 2 N–H and O–H groups in total. The molecule has 1 aliphatic carbocycles. The van der Waals surface area contributed by atoms with Crippen molar-refractivity contribution in [1.29, 1.82) is 0 Å². The number of thiophene rings is 1. The lowest BCUT2D eigenvalue weighted by Gasteiger charge is -2.06. The summed E-state index contributed by atoms with van der Waals surface area (Å²) < 4.78 is 0. The van der Waals surface area contributed by atoms with Gasteiger partial charge in [0, 0.05) is 34.3 Å². The summed E-state index contributed by atoms with van der Waals surface area (Å²) >= 11 is 1.16. The van der Waals surface area contributed by atoms with Crippen molar-refractivity contribution in [3.8, 4) is 10.4 Å². The topological polar surface area (TPSA) is 92.2 Å². The van der Waals surface area contributed by atoms with Gasteiger partial charge in [0.25, 0.3) is 5.91 Å². The molecule has 0 aromatic carbocycles. The highest BCUT2D eigenvalue weighted by atomic mass is 32.1. The van der Waals surface area contributed by atoms with Crippen molar-refractivity contribution in [1.82, 2.24) is 15.3 Å². The van der Waals surface area contributed by atoms with Crippen molar-refractivity contribution in [3.63, 3.8) is 0 Å². The number of nitrogens with one attached hydrogen (secondary N) is 1. The molecule has 0 atom stereocenters.